The average Bonchev–Trinajstić information content (AvgIpc) is 2.64. The minimum Gasteiger partial charge on any atom is -0.497 e. The Kier molecular flexibility index (Phi) is 5.06. The Labute approximate surface area is 145 Å². The quantitative estimate of drug-likeness (QED) is 0.730. The lowest BCUT2D eigenvalue weighted by Crippen LogP contribution is -2.33. The lowest BCUT2D eigenvalue weighted by Gasteiger charge is -2.18. The van der Waals surface area contributed by atoms with Gasteiger partial charge in [0.2, 0.25) is 0 Å². The number of hydrogen-bond donors (Lipinski definition) is 1. The smallest absolute Gasteiger partial charge is 0.275 e. The predicted octanol–water partition coefficient (Wildman–Crippen LogP) is 1.35. The van der Waals surface area contributed by atoms with Gasteiger partial charge < -0.3 is 9.84 Å². The molecule has 2 heterocycles. The van der Waals surface area contributed by atoms with E-state index in [2.05, 4.69) is 10.1 Å². The normalized spacial score (nSPS) is 11.2. The summed E-state index contributed by atoms with van der Waals surface area (Å²) < 4.78 is 6.70. The third kappa shape index (κ3) is 3.52. The maximum absolute atomic E-state index is 12.8. The third-order valence-corrected chi connectivity index (χ3v) is 3.96. The zero-order chi connectivity index (χ0) is 17.8. The van der Waals surface area contributed by atoms with Gasteiger partial charge in [-0.05, 0) is 37.4 Å². The Hall–Kier alpha value is -2.77. The van der Waals surface area contributed by atoms with Crippen molar-refractivity contribution in [1.82, 2.24) is 19.7 Å². The molecule has 7 heteroatoms. The van der Waals surface area contributed by atoms with Gasteiger partial charge in [-0.15, -0.1) is 0 Å². The van der Waals surface area contributed by atoms with Crippen molar-refractivity contribution in [2.24, 2.45) is 0 Å². The number of nitrogens with zero attached hydrogens (tertiary/aromatic N) is 4. The Bertz CT molecular complexity index is 925. The number of methoxy groups -OCH3 is 1. The number of likely N-dealkylation sites (N-methyl/N-ethyl adjacent to an activating group) is 1. The van der Waals surface area contributed by atoms with Gasteiger partial charge in [-0.25, -0.2) is 4.68 Å². The lowest BCUT2D eigenvalue weighted by molar-refractivity contribution is 0.185. The molecule has 0 radical (unpaired) electrons. The molecule has 0 fully saturated rings. The molecule has 1 aromatic carbocycles. The van der Waals surface area contributed by atoms with E-state index in [1.807, 2.05) is 30.1 Å². The summed E-state index contributed by atoms with van der Waals surface area (Å²) in [5.74, 6) is 0.661. The molecular weight excluding hydrogens is 320 g/mol. The minimum atomic E-state index is -0.185. The molecule has 0 aliphatic rings. The molecule has 0 saturated carbocycles. The summed E-state index contributed by atoms with van der Waals surface area (Å²) in [5.41, 5.74) is 1.30. The van der Waals surface area contributed by atoms with Crippen LogP contribution in [0.4, 0.5) is 0 Å². The molecule has 1 N–H and O–H groups in total. The van der Waals surface area contributed by atoms with Gasteiger partial charge in [-0.1, -0.05) is 0 Å². The van der Waals surface area contributed by atoms with Crippen LogP contribution in [-0.4, -0.2) is 52.1 Å². The molecule has 0 spiro atoms. The molecular formula is C18H20N4O3. The van der Waals surface area contributed by atoms with Crippen LogP contribution in [0.25, 0.3) is 22.0 Å². The van der Waals surface area contributed by atoms with Crippen molar-refractivity contribution >= 4 is 10.8 Å². The zero-order valence-corrected chi connectivity index (χ0v) is 14.2. The molecule has 3 aromatic rings. The summed E-state index contributed by atoms with van der Waals surface area (Å²) >= 11 is 0. The van der Waals surface area contributed by atoms with Crippen molar-refractivity contribution in [2.45, 2.75) is 6.67 Å². The number of aliphatic hydroxyl groups excluding tert-OH is 1. The number of benzene rings is 1. The molecule has 0 atom stereocenters. The summed E-state index contributed by atoms with van der Waals surface area (Å²) in [6.45, 7) is 0.761. The van der Waals surface area contributed by atoms with E-state index in [1.165, 1.54) is 4.68 Å². The van der Waals surface area contributed by atoms with Crippen molar-refractivity contribution in [1.29, 1.82) is 0 Å². The second-order valence-corrected chi connectivity index (χ2v) is 5.75. The van der Waals surface area contributed by atoms with Crippen LogP contribution in [0.2, 0.25) is 0 Å². The molecule has 25 heavy (non-hydrogen) atoms. The topological polar surface area (TPSA) is 80.5 Å². The predicted molar refractivity (Wildman–Crippen MR) is 95.5 cm³/mol. The fourth-order valence-electron chi connectivity index (χ4n) is 2.67. The Balaban J connectivity index is 2.23. The molecule has 7 nitrogen and oxygen atoms in total. The molecule has 0 aliphatic heterocycles. The van der Waals surface area contributed by atoms with Crippen molar-refractivity contribution in [3.05, 3.63) is 53.1 Å². The van der Waals surface area contributed by atoms with Crippen LogP contribution in [0.15, 0.2) is 47.5 Å². The van der Waals surface area contributed by atoms with E-state index in [1.54, 1.807) is 31.6 Å². The van der Waals surface area contributed by atoms with Gasteiger partial charge in [0.1, 0.15) is 11.4 Å². The number of aliphatic hydroxyl groups is 1. The summed E-state index contributed by atoms with van der Waals surface area (Å²) in [6.07, 6.45) is 3.41. The van der Waals surface area contributed by atoms with E-state index >= 15 is 0 Å². The third-order valence-electron chi connectivity index (χ3n) is 3.96. The van der Waals surface area contributed by atoms with Gasteiger partial charge in [0.25, 0.3) is 5.56 Å². The van der Waals surface area contributed by atoms with E-state index < -0.39 is 0 Å². The van der Waals surface area contributed by atoms with Crippen LogP contribution in [-0.2, 0) is 6.67 Å². The van der Waals surface area contributed by atoms with E-state index in [0.717, 1.165) is 10.9 Å². The monoisotopic (exact) mass is 340 g/mol. The number of pyridine rings is 1. The number of fused-ring (bicyclic) bond motifs is 1. The molecule has 0 amide bonds. The minimum absolute atomic E-state index is 0.0193. The maximum Gasteiger partial charge on any atom is 0.275 e. The number of hydrogen-bond acceptors (Lipinski definition) is 6. The first-order valence-corrected chi connectivity index (χ1v) is 7.92. The van der Waals surface area contributed by atoms with E-state index in [0.29, 0.717) is 23.4 Å². The highest BCUT2D eigenvalue weighted by molar-refractivity contribution is 5.94. The highest BCUT2D eigenvalue weighted by atomic mass is 16.5. The van der Waals surface area contributed by atoms with E-state index in [4.69, 9.17) is 9.84 Å². The highest BCUT2D eigenvalue weighted by Gasteiger charge is 2.14. The Morgan fingerprint density at radius 3 is 2.80 bits per heavy atom. The fraction of sp³-hybridized carbons (Fsp3) is 0.278. The van der Waals surface area contributed by atoms with Gasteiger partial charge in [-0.2, -0.15) is 5.10 Å². The largest absolute Gasteiger partial charge is 0.497 e. The van der Waals surface area contributed by atoms with E-state index in [-0.39, 0.29) is 18.8 Å². The second kappa shape index (κ2) is 7.42. The SMILES string of the molecule is COc1ccc2c(=O)n(CN(C)CCO)nc(-c3cccnc3)c2c1. The summed E-state index contributed by atoms with van der Waals surface area (Å²) in [5, 5.41) is 14.9. The van der Waals surface area contributed by atoms with Gasteiger partial charge in [0.05, 0.1) is 25.8 Å². The van der Waals surface area contributed by atoms with Crippen molar-refractivity contribution in [3.8, 4) is 17.0 Å². The number of ether oxygens (including phenoxy) is 1. The summed E-state index contributed by atoms with van der Waals surface area (Å²) in [7, 11) is 3.41. The standard InChI is InChI=1S/C18H20N4O3/c1-21(8-9-23)12-22-18(24)15-6-5-14(25-2)10-16(15)17(20-22)13-4-3-7-19-11-13/h3-7,10-11,23H,8-9,12H2,1-2H3. The molecule has 130 valence electrons. The van der Waals surface area contributed by atoms with Crippen LogP contribution in [0.3, 0.4) is 0 Å². The van der Waals surface area contributed by atoms with Gasteiger partial charge in [0.15, 0.2) is 0 Å². The summed E-state index contributed by atoms with van der Waals surface area (Å²) in [6, 6.07) is 9.06. The zero-order valence-electron chi connectivity index (χ0n) is 14.2. The van der Waals surface area contributed by atoms with Crippen molar-refractivity contribution in [2.75, 3.05) is 27.3 Å². The van der Waals surface area contributed by atoms with Gasteiger partial charge in [-0.3, -0.25) is 14.7 Å². The van der Waals surface area contributed by atoms with Crippen molar-refractivity contribution < 1.29 is 9.84 Å². The summed E-state index contributed by atoms with van der Waals surface area (Å²) in [4.78, 5) is 18.8. The maximum atomic E-state index is 12.8. The number of aromatic nitrogens is 3. The molecule has 0 aliphatic carbocycles. The fourth-order valence-corrected chi connectivity index (χ4v) is 2.67. The van der Waals surface area contributed by atoms with Crippen LogP contribution in [0.5, 0.6) is 5.75 Å². The van der Waals surface area contributed by atoms with E-state index in [9.17, 15) is 4.79 Å². The van der Waals surface area contributed by atoms with Crippen LogP contribution >= 0.6 is 0 Å². The second-order valence-electron chi connectivity index (χ2n) is 5.75. The molecule has 3 rings (SSSR count). The first-order chi connectivity index (χ1) is 12.1. The first-order valence-electron chi connectivity index (χ1n) is 7.92. The molecule has 0 unspecified atom stereocenters. The molecule has 0 saturated heterocycles. The van der Waals surface area contributed by atoms with Gasteiger partial charge >= 0.3 is 0 Å². The highest BCUT2D eigenvalue weighted by Crippen LogP contribution is 2.27. The Morgan fingerprint density at radius 2 is 2.12 bits per heavy atom. The van der Waals surface area contributed by atoms with Crippen LogP contribution in [0, 0.1) is 0 Å². The van der Waals surface area contributed by atoms with Crippen LogP contribution < -0.4 is 10.3 Å². The first kappa shape index (κ1) is 17.1. The van der Waals surface area contributed by atoms with Crippen LogP contribution in [0.1, 0.15) is 0 Å². The van der Waals surface area contributed by atoms with Gasteiger partial charge in [0, 0.05) is 29.9 Å². The Morgan fingerprint density at radius 1 is 1.28 bits per heavy atom. The molecule has 2 aromatic heterocycles. The number of rotatable bonds is 6. The average molecular weight is 340 g/mol. The lowest BCUT2D eigenvalue weighted by atomic mass is 10.1. The molecule has 0 bridgehead atoms. The van der Waals surface area contributed by atoms with Crippen molar-refractivity contribution in [3.63, 3.8) is 0 Å².